The molecule has 0 rings (SSSR count). The molecule has 0 spiro atoms. The third kappa shape index (κ3) is 2.64. The van der Waals surface area contributed by atoms with E-state index in [0.717, 1.165) is 6.42 Å². The molecule has 0 heterocycles. The van der Waals surface area contributed by atoms with Crippen molar-refractivity contribution in [3.8, 4) is 0 Å². The molecule has 0 fully saturated rings. The molecule has 0 atom stereocenters. The Kier molecular flexibility index (Phi) is 4.36. The van der Waals surface area contributed by atoms with Crippen LogP contribution in [-0.2, 0) is 0 Å². The highest BCUT2D eigenvalue weighted by Gasteiger charge is 1.84. The molecule has 0 aliphatic carbocycles. The van der Waals surface area contributed by atoms with Gasteiger partial charge >= 0.3 is 0 Å². The molecule has 8 heavy (non-hydrogen) atoms. The van der Waals surface area contributed by atoms with Crippen LogP contribution in [0.3, 0.4) is 0 Å². The molecule has 0 bridgehead atoms. The van der Waals surface area contributed by atoms with Crippen LogP contribution in [0.2, 0.25) is 0 Å². The lowest BCUT2D eigenvalue weighted by molar-refractivity contribution is 0.956. The van der Waals surface area contributed by atoms with Gasteiger partial charge < -0.3 is 11.1 Å². The Balaban J connectivity index is 3.49. The Morgan fingerprint density at radius 1 is 1.75 bits per heavy atom. The Hall–Kier alpha value is -0.500. The van der Waals surface area contributed by atoms with Crippen molar-refractivity contribution in [1.29, 1.82) is 0 Å². The van der Waals surface area contributed by atoms with Crippen molar-refractivity contribution in [2.75, 3.05) is 13.6 Å². The Morgan fingerprint density at radius 2 is 2.38 bits per heavy atom. The zero-order valence-electron chi connectivity index (χ0n) is 5.57. The quantitative estimate of drug-likeness (QED) is 0.559. The summed E-state index contributed by atoms with van der Waals surface area (Å²) in [6.45, 7) is 2.76. The number of nitrogens with one attached hydrogen (secondary N) is 1. The van der Waals surface area contributed by atoms with Crippen LogP contribution in [0, 0.1) is 0 Å². The summed E-state index contributed by atoms with van der Waals surface area (Å²) in [6.07, 6.45) is 2.98. The molecular formula is C6H14N2. The average molecular weight is 114 g/mol. The van der Waals surface area contributed by atoms with Crippen LogP contribution in [-0.4, -0.2) is 13.6 Å². The van der Waals surface area contributed by atoms with Gasteiger partial charge in [0.05, 0.1) is 0 Å². The second kappa shape index (κ2) is 4.65. The van der Waals surface area contributed by atoms with Crippen LogP contribution in [0.5, 0.6) is 0 Å². The summed E-state index contributed by atoms with van der Waals surface area (Å²) in [4.78, 5) is 0. The molecule has 0 saturated carbocycles. The lowest BCUT2D eigenvalue weighted by atomic mass is 10.2. The second-order valence-corrected chi connectivity index (χ2v) is 1.65. The maximum atomic E-state index is 5.36. The van der Waals surface area contributed by atoms with Gasteiger partial charge in [-0.1, -0.05) is 6.92 Å². The van der Waals surface area contributed by atoms with Crippen LogP contribution in [0.4, 0.5) is 0 Å². The zero-order chi connectivity index (χ0) is 6.41. The monoisotopic (exact) mass is 114 g/mol. The summed E-state index contributed by atoms with van der Waals surface area (Å²) in [5.74, 6) is 0. The minimum Gasteiger partial charge on any atom is -0.394 e. The maximum Gasteiger partial charge on any atom is 0.0154 e. The molecule has 3 N–H and O–H groups in total. The molecule has 2 nitrogen and oxygen atoms in total. The molecule has 0 aliphatic rings. The van der Waals surface area contributed by atoms with Crippen LogP contribution < -0.4 is 11.1 Å². The molecule has 48 valence electrons. The van der Waals surface area contributed by atoms with E-state index in [2.05, 4.69) is 12.2 Å². The summed E-state index contributed by atoms with van der Waals surface area (Å²) in [6, 6.07) is 0. The fraction of sp³-hybridized carbons (Fsp3) is 0.667. The van der Waals surface area contributed by atoms with E-state index >= 15 is 0 Å². The van der Waals surface area contributed by atoms with Crippen molar-refractivity contribution in [2.24, 2.45) is 5.73 Å². The van der Waals surface area contributed by atoms with E-state index < -0.39 is 0 Å². The van der Waals surface area contributed by atoms with E-state index in [1.165, 1.54) is 5.57 Å². The molecule has 0 radical (unpaired) electrons. The minimum atomic E-state index is 0.664. The fourth-order valence-corrected chi connectivity index (χ4v) is 0.509. The molecule has 0 amide bonds. The number of hydrogen-bond donors (Lipinski definition) is 2. The van der Waals surface area contributed by atoms with Crippen molar-refractivity contribution in [3.63, 3.8) is 0 Å². The van der Waals surface area contributed by atoms with E-state index in [0.29, 0.717) is 6.54 Å². The molecule has 0 aromatic carbocycles. The van der Waals surface area contributed by atoms with Gasteiger partial charge in [-0.2, -0.15) is 0 Å². The van der Waals surface area contributed by atoms with E-state index in [1.807, 2.05) is 13.2 Å². The third-order valence-corrected chi connectivity index (χ3v) is 1.06. The van der Waals surface area contributed by atoms with Gasteiger partial charge in [0.2, 0.25) is 0 Å². The van der Waals surface area contributed by atoms with Crippen LogP contribution in [0.15, 0.2) is 11.8 Å². The van der Waals surface area contributed by atoms with Crippen molar-refractivity contribution in [3.05, 3.63) is 11.8 Å². The van der Waals surface area contributed by atoms with E-state index in [9.17, 15) is 0 Å². The molecule has 0 aliphatic heterocycles. The molecule has 0 unspecified atom stereocenters. The Bertz CT molecular complexity index is 70.6. The highest BCUT2D eigenvalue weighted by atomic mass is 14.8. The van der Waals surface area contributed by atoms with Gasteiger partial charge in [0.15, 0.2) is 0 Å². The van der Waals surface area contributed by atoms with Gasteiger partial charge in [-0.3, -0.25) is 0 Å². The largest absolute Gasteiger partial charge is 0.394 e. The maximum absolute atomic E-state index is 5.36. The highest BCUT2D eigenvalue weighted by Crippen LogP contribution is 1.92. The Morgan fingerprint density at radius 3 is 2.50 bits per heavy atom. The molecule has 0 saturated heterocycles. The van der Waals surface area contributed by atoms with Gasteiger partial charge in [-0.15, -0.1) is 0 Å². The first-order valence-corrected chi connectivity index (χ1v) is 2.90. The Labute approximate surface area is 50.8 Å². The van der Waals surface area contributed by atoms with E-state index in [-0.39, 0.29) is 0 Å². The first-order valence-electron chi connectivity index (χ1n) is 2.90. The molecular weight excluding hydrogens is 100 g/mol. The third-order valence-electron chi connectivity index (χ3n) is 1.06. The average Bonchev–Trinajstić information content (AvgIpc) is 1.83. The summed E-state index contributed by atoms with van der Waals surface area (Å²) in [5.41, 5.74) is 6.62. The first kappa shape index (κ1) is 7.50. The van der Waals surface area contributed by atoms with Gasteiger partial charge in [-0.25, -0.2) is 0 Å². The highest BCUT2D eigenvalue weighted by molar-refractivity contribution is 5.00. The fourth-order valence-electron chi connectivity index (χ4n) is 0.509. The van der Waals surface area contributed by atoms with Crippen LogP contribution in [0.25, 0.3) is 0 Å². The van der Waals surface area contributed by atoms with Crippen molar-refractivity contribution < 1.29 is 0 Å². The summed E-state index contributed by atoms with van der Waals surface area (Å²) in [5, 5.41) is 2.93. The lowest BCUT2D eigenvalue weighted by Gasteiger charge is -1.97. The number of nitrogens with two attached hydrogens (primary N) is 1. The lowest BCUT2D eigenvalue weighted by Crippen LogP contribution is -2.06. The first-order chi connectivity index (χ1) is 3.85. The SMILES string of the molecule is CC/C(=C/NC)CN. The smallest absolute Gasteiger partial charge is 0.0154 e. The standard InChI is InChI=1S/C6H14N2/c1-3-6(4-7)5-8-2/h5,8H,3-4,7H2,1-2H3/b6-5-. The topological polar surface area (TPSA) is 38.0 Å². The summed E-state index contributed by atoms with van der Waals surface area (Å²) < 4.78 is 0. The predicted molar refractivity (Wildman–Crippen MR) is 36.5 cm³/mol. The normalized spacial score (nSPS) is 11.6. The van der Waals surface area contributed by atoms with Crippen LogP contribution >= 0.6 is 0 Å². The van der Waals surface area contributed by atoms with E-state index in [4.69, 9.17) is 5.73 Å². The molecule has 2 heteroatoms. The zero-order valence-corrected chi connectivity index (χ0v) is 5.57. The minimum absolute atomic E-state index is 0.664. The second-order valence-electron chi connectivity index (χ2n) is 1.65. The van der Waals surface area contributed by atoms with E-state index in [1.54, 1.807) is 0 Å². The van der Waals surface area contributed by atoms with Gasteiger partial charge in [-0.05, 0) is 18.2 Å². The van der Waals surface area contributed by atoms with Crippen molar-refractivity contribution in [2.45, 2.75) is 13.3 Å². The number of rotatable bonds is 3. The van der Waals surface area contributed by atoms with Crippen molar-refractivity contribution in [1.82, 2.24) is 5.32 Å². The number of hydrogen-bond acceptors (Lipinski definition) is 2. The molecule has 0 aromatic rings. The van der Waals surface area contributed by atoms with Crippen molar-refractivity contribution >= 4 is 0 Å². The van der Waals surface area contributed by atoms with Gasteiger partial charge in [0, 0.05) is 13.6 Å². The summed E-state index contributed by atoms with van der Waals surface area (Å²) >= 11 is 0. The van der Waals surface area contributed by atoms with Gasteiger partial charge in [0.1, 0.15) is 0 Å². The van der Waals surface area contributed by atoms with Gasteiger partial charge in [0.25, 0.3) is 0 Å². The molecule has 0 aromatic heterocycles. The van der Waals surface area contributed by atoms with Crippen LogP contribution in [0.1, 0.15) is 13.3 Å². The predicted octanol–water partition coefficient (Wildman–Crippen LogP) is 0.458. The summed E-state index contributed by atoms with van der Waals surface area (Å²) in [7, 11) is 1.88.